The van der Waals surface area contributed by atoms with E-state index in [1.807, 2.05) is 4.90 Å². The van der Waals surface area contributed by atoms with Crippen molar-refractivity contribution >= 4 is 5.91 Å². The summed E-state index contributed by atoms with van der Waals surface area (Å²) in [5.74, 6) is 0.354. The zero-order valence-electron chi connectivity index (χ0n) is 12.2. The van der Waals surface area contributed by atoms with Crippen LogP contribution in [0.2, 0.25) is 0 Å². The number of rotatable bonds is 8. The molecule has 1 rings (SSSR count). The molecular weight excluding hydrogens is 244 g/mol. The monoisotopic (exact) mass is 272 g/mol. The van der Waals surface area contributed by atoms with Crippen molar-refractivity contribution in [2.24, 2.45) is 5.92 Å². The summed E-state index contributed by atoms with van der Waals surface area (Å²) in [4.78, 5) is 13.7. The third kappa shape index (κ3) is 6.89. The first-order valence-corrected chi connectivity index (χ1v) is 7.38. The van der Waals surface area contributed by atoms with Gasteiger partial charge in [0.05, 0.1) is 19.3 Å². The van der Waals surface area contributed by atoms with Gasteiger partial charge in [-0.15, -0.1) is 0 Å². The number of ether oxygens (including phenoxy) is 1. The summed E-state index contributed by atoms with van der Waals surface area (Å²) in [5.41, 5.74) is 0. The molecular formula is C14H28N2O3. The predicted octanol–water partition coefficient (Wildman–Crippen LogP) is 0.622. The zero-order valence-corrected chi connectivity index (χ0v) is 12.2. The molecule has 0 bridgehead atoms. The first kappa shape index (κ1) is 16.4. The highest BCUT2D eigenvalue weighted by atomic mass is 16.5. The van der Waals surface area contributed by atoms with Crippen LogP contribution >= 0.6 is 0 Å². The Morgan fingerprint density at radius 3 is 2.95 bits per heavy atom. The van der Waals surface area contributed by atoms with Crippen molar-refractivity contribution in [1.29, 1.82) is 0 Å². The van der Waals surface area contributed by atoms with E-state index in [0.29, 0.717) is 32.2 Å². The van der Waals surface area contributed by atoms with Gasteiger partial charge in [-0.2, -0.15) is 0 Å². The van der Waals surface area contributed by atoms with Crippen LogP contribution in [0, 0.1) is 5.92 Å². The molecule has 0 aromatic rings. The number of unbranched alkanes of at least 4 members (excludes halogenated alkanes) is 1. The van der Waals surface area contributed by atoms with Crippen LogP contribution in [0.3, 0.4) is 0 Å². The molecule has 0 saturated carbocycles. The standard InChI is InChI=1S/C14H28N2O3/c1-3-4-8-19-9-6-15-14(18)11-16-7-5-12(2)13(17)10-16/h12-13,17H,3-11H2,1-2H3,(H,15,18). The fraction of sp³-hybridized carbons (Fsp3) is 0.929. The minimum atomic E-state index is -0.307. The number of nitrogens with zero attached hydrogens (tertiary/aromatic N) is 1. The smallest absolute Gasteiger partial charge is 0.234 e. The number of aliphatic hydroxyl groups excluding tert-OH is 1. The van der Waals surface area contributed by atoms with Gasteiger partial charge in [0.25, 0.3) is 0 Å². The van der Waals surface area contributed by atoms with Gasteiger partial charge in [0.1, 0.15) is 0 Å². The van der Waals surface area contributed by atoms with Gasteiger partial charge in [0.15, 0.2) is 0 Å². The molecule has 1 saturated heterocycles. The van der Waals surface area contributed by atoms with E-state index in [2.05, 4.69) is 19.2 Å². The van der Waals surface area contributed by atoms with Crippen molar-refractivity contribution in [1.82, 2.24) is 10.2 Å². The maximum Gasteiger partial charge on any atom is 0.234 e. The van der Waals surface area contributed by atoms with E-state index in [4.69, 9.17) is 4.74 Å². The van der Waals surface area contributed by atoms with Gasteiger partial charge in [-0.1, -0.05) is 20.3 Å². The summed E-state index contributed by atoms with van der Waals surface area (Å²) in [7, 11) is 0. The predicted molar refractivity (Wildman–Crippen MR) is 75.0 cm³/mol. The average molecular weight is 272 g/mol. The van der Waals surface area contributed by atoms with Crippen LogP contribution in [-0.2, 0) is 9.53 Å². The summed E-state index contributed by atoms with van der Waals surface area (Å²) in [6, 6.07) is 0. The first-order chi connectivity index (χ1) is 9.13. The Hall–Kier alpha value is -0.650. The average Bonchev–Trinajstić information content (AvgIpc) is 2.38. The molecule has 112 valence electrons. The molecule has 0 spiro atoms. The van der Waals surface area contributed by atoms with Crippen LogP contribution in [0.15, 0.2) is 0 Å². The van der Waals surface area contributed by atoms with Crippen LogP contribution in [-0.4, -0.2) is 61.4 Å². The Balaban J connectivity index is 2.04. The summed E-state index contributed by atoms with van der Waals surface area (Å²) in [6.07, 6.45) is 2.84. The Morgan fingerprint density at radius 2 is 2.26 bits per heavy atom. The third-order valence-corrected chi connectivity index (χ3v) is 3.58. The highest BCUT2D eigenvalue weighted by molar-refractivity contribution is 5.78. The quantitative estimate of drug-likeness (QED) is 0.636. The summed E-state index contributed by atoms with van der Waals surface area (Å²) in [6.45, 7) is 7.94. The van der Waals surface area contributed by atoms with Gasteiger partial charge in [0.2, 0.25) is 5.91 Å². The molecule has 1 amide bonds. The van der Waals surface area contributed by atoms with Gasteiger partial charge >= 0.3 is 0 Å². The Bertz CT molecular complexity index is 261. The van der Waals surface area contributed by atoms with Crippen molar-refractivity contribution in [3.63, 3.8) is 0 Å². The summed E-state index contributed by atoms with van der Waals surface area (Å²) in [5, 5.41) is 12.6. The van der Waals surface area contributed by atoms with E-state index in [0.717, 1.165) is 32.4 Å². The Morgan fingerprint density at radius 1 is 1.47 bits per heavy atom. The van der Waals surface area contributed by atoms with Crippen molar-refractivity contribution < 1.29 is 14.6 Å². The van der Waals surface area contributed by atoms with E-state index in [1.165, 1.54) is 0 Å². The van der Waals surface area contributed by atoms with E-state index in [1.54, 1.807) is 0 Å². The highest BCUT2D eigenvalue weighted by Crippen LogP contribution is 2.16. The van der Waals surface area contributed by atoms with E-state index >= 15 is 0 Å². The minimum absolute atomic E-state index is 0.0147. The zero-order chi connectivity index (χ0) is 14.1. The fourth-order valence-electron chi connectivity index (χ4n) is 2.13. The molecule has 1 aliphatic rings. The number of hydrogen-bond acceptors (Lipinski definition) is 4. The van der Waals surface area contributed by atoms with E-state index < -0.39 is 0 Å². The van der Waals surface area contributed by atoms with Gasteiger partial charge in [-0.25, -0.2) is 0 Å². The molecule has 0 aliphatic carbocycles. The fourth-order valence-corrected chi connectivity index (χ4v) is 2.13. The maximum atomic E-state index is 11.7. The van der Waals surface area contributed by atoms with Crippen LogP contribution in [0.1, 0.15) is 33.1 Å². The minimum Gasteiger partial charge on any atom is -0.392 e. The molecule has 0 radical (unpaired) electrons. The summed E-state index contributed by atoms with van der Waals surface area (Å²) < 4.78 is 5.38. The number of piperidine rings is 1. The Labute approximate surface area is 116 Å². The second kappa shape index (κ2) is 9.28. The molecule has 1 aliphatic heterocycles. The van der Waals surface area contributed by atoms with Gasteiger partial charge < -0.3 is 15.2 Å². The normalized spacial score (nSPS) is 24.4. The molecule has 1 fully saturated rings. The summed E-state index contributed by atoms with van der Waals surface area (Å²) >= 11 is 0. The topological polar surface area (TPSA) is 61.8 Å². The van der Waals surface area contributed by atoms with Gasteiger partial charge in [-0.05, 0) is 25.3 Å². The van der Waals surface area contributed by atoms with Crippen molar-refractivity contribution in [2.45, 2.75) is 39.2 Å². The molecule has 0 aromatic carbocycles. The van der Waals surface area contributed by atoms with Crippen molar-refractivity contribution in [2.75, 3.05) is 39.4 Å². The molecule has 0 aromatic heterocycles. The van der Waals surface area contributed by atoms with Crippen LogP contribution in [0.5, 0.6) is 0 Å². The van der Waals surface area contributed by atoms with Crippen LogP contribution in [0.4, 0.5) is 0 Å². The number of carbonyl (C=O) groups is 1. The largest absolute Gasteiger partial charge is 0.392 e. The number of nitrogens with one attached hydrogen (secondary N) is 1. The van der Waals surface area contributed by atoms with Crippen LogP contribution in [0.25, 0.3) is 0 Å². The van der Waals surface area contributed by atoms with E-state index in [9.17, 15) is 9.90 Å². The maximum absolute atomic E-state index is 11.7. The molecule has 5 heteroatoms. The number of amides is 1. The van der Waals surface area contributed by atoms with Gasteiger partial charge in [-0.3, -0.25) is 9.69 Å². The number of aliphatic hydroxyl groups is 1. The first-order valence-electron chi connectivity index (χ1n) is 7.38. The second-order valence-corrected chi connectivity index (χ2v) is 5.38. The lowest BCUT2D eigenvalue weighted by atomic mass is 9.96. The lowest BCUT2D eigenvalue weighted by Crippen LogP contribution is -2.47. The van der Waals surface area contributed by atoms with Crippen molar-refractivity contribution in [3.05, 3.63) is 0 Å². The number of β-amino-alcohol motifs (C(OH)–C–C–N with tert-alkyl or cyclic N) is 1. The van der Waals surface area contributed by atoms with E-state index in [-0.39, 0.29) is 12.0 Å². The SMILES string of the molecule is CCCCOCCNC(=O)CN1CCC(C)C(O)C1. The molecule has 1 heterocycles. The number of likely N-dealkylation sites (tertiary alicyclic amines) is 1. The number of carbonyl (C=O) groups excluding carboxylic acids is 1. The molecule has 2 N–H and O–H groups in total. The second-order valence-electron chi connectivity index (χ2n) is 5.38. The highest BCUT2D eigenvalue weighted by Gasteiger charge is 2.25. The van der Waals surface area contributed by atoms with Gasteiger partial charge in [0, 0.05) is 19.7 Å². The van der Waals surface area contributed by atoms with Crippen LogP contribution < -0.4 is 5.32 Å². The lowest BCUT2D eigenvalue weighted by molar-refractivity contribution is -0.123. The van der Waals surface area contributed by atoms with Crippen molar-refractivity contribution in [3.8, 4) is 0 Å². The Kier molecular flexibility index (Phi) is 8.02. The molecule has 2 unspecified atom stereocenters. The molecule has 5 nitrogen and oxygen atoms in total. The third-order valence-electron chi connectivity index (χ3n) is 3.58. The molecule has 19 heavy (non-hydrogen) atoms. The lowest BCUT2D eigenvalue weighted by Gasteiger charge is -2.33. The number of hydrogen-bond donors (Lipinski definition) is 2. The molecule has 2 atom stereocenters.